The van der Waals surface area contributed by atoms with Gasteiger partial charge in [-0.3, -0.25) is 9.69 Å². The van der Waals surface area contributed by atoms with E-state index in [-0.39, 0.29) is 12.1 Å². The number of hydrogen-bond acceptors (Lipinski definition) is 3. The molecule has 1 heterocycles. The van der Waals surface area contributed by atoms with Gasteiger partial charge in [0, 0.05) is 12.6 Å². The van der Waals surface area contributed by atoms with Gasteiger partial charge in [-0.1, -0.05) is 30.3 Å². The summed E-state index contributed by atoms with van der Waals surface area (Å²) in [6, 6.07) is 8.90. The van der Waals surface area contributed by atoms with Gasteiger partial charge in [0.05, 0.1) is 12.7 Å². The molecule has 1 saturated heterocycles. The summed E-state index contributed by atoms with van der Waals surface area (Å²) in [5.41, 5.74) is 0.825. The summed E-state index contributed by atoms with van der Waals surface area (Å²) in [4.78, 5) is 13.6. The zero-order valence-electron chi connectivity index (χ0n) is 10.7. The van der Waals surface area contributed by atoms with E-state index in [9.17, 15) is 9.90 Å². The number of carboxylic acid groups (broad SMARTS) is 1. The summed E-state index contributed by atoms with van der Waals surface area (Å²) >= 11 is 0. The van der Waals surface area contributed by atoms with Crippen LogP contribution in [0.15, 0.2) is 30.3 Å². The molecule has 1 aromatic carbocycles. The summed E-state index contributed by atoms with van der Waals surface area (Å²) < 4.78 is 5.55. The Morgan fingerprint density at radius 1 is 1.39 bits per heavy atom. The van der Waals surface area contributed by atoms with Gasteiger partial charge in [0.1, 0.15) is 6.04 Å². The lowest BCUT2D eigenvalue weighted by Crippen LogP contribution is -2.50. The molecule has 3 unspecified atom stereocenters. The van der Waals surface area contributed by atoms with Crippen molar-refractivity contribution in [3.05, 3.63) is 35.9 Å². The van der Waals surface area contributed by atoms with Crippen molar-refractivity contribution in [2.45, 2.75) is 32.0 Å². The summed E-state index contributed by atoms with van der Waals surface area (Å²) in [7, 11) is 0. The highest BCUT2D eigenvalue weighted by Gasteiger charge is 2.34. The van der Waals surface area contributed by atoms with Crippen LogP contribution in [0.2, 0.25) is 0 Å². The van der Waals surface area contributed by atoms with Crippen LogP contribution < -0.4 is 0 Å². The third-order valence-corrected chi connectivity index (χ3v) is 3.34. The van der Waals surface area contributed by atoms with Crippen molar-refractivity contribution in [2.75, 3.05) is 13.2 Å². The van der Waals surface area contributed by atoms with E-state index in [1.165, 1.54) is 0 Å². The van der Waals surface area contributed by atoms with Gasteiger partial charge in [-0.15, -0.1) is 0 Å². The van der Waals surface area contributed by atoms with Gasteiger partial charge in [-0.25, -0.2) is 0 Å². The minimum Gasteiger partial charge on any atom is -0.480 e. The lowest BCUT2D eigenvalue weighted by atomic mass is 10.0. The monoisotopic (exact) mass is 249 g/mol. The quantitative estimate of drug-likeness (QED) is 0.889. The summed E-state index contributed by atoms with van der Waals surface area (Å²) in [6.07, 6.45) is 0.0757. The molecule has 1 fully saturated rings. The first-order valence-corrected chi connectivity index (χ1v) is 6.24. The van der Waals surface area contributed by atoms with Gasteiger partial charge in [-0.05, 0) is 19.4 Å². The number of aliphatic carboxylic acids is 1. The van der Waals surface area contributed by atoms with E-state index in [0.717, 1.165) is 5.56 Å². The van der Waals surface area contributed by atoms with Crippen molar-refractivity contribution in [1.29, 1.82) is 0 Å². The Kier molecular flexibility index (Phi) is 3.99. The molecule has 1 aliphatic rings. The lowest BCUT2D eigenvalue weighted by Gasteiger charge is -2.40. The first-order valence-electron chi connectivity index (χ1n) is 6.24. The SMILES string of the molecule is CC1CN(C(C(=O)O)c2ccccc2)C(C)CO1. The second kappa shape index (κ2) is 5.50. The highest BCUT2D eigenvalue weighted by Crippen LogP contribution is 2.26. The average molecular weight is 249 g/mol. The number of carboxylic acids is 1. The smallest absolute Gasteiger partial charge is 0.325 e. The van der Waals surface area contributed by atoms with Crippen molar-refractivity contribution in [3.8, 4) is 0 Å². The number of carbonyl (C=O) groups is 1. The van der Waals surface area contributed by atoms with Crippen LogP contribution in [-0.2, 0) is 9.53 Å². The molecule has 0 spiro atoms. The Labute approximate surface area is 107 Å². The number of rotatable bonds is 3. The normalized spacial score (nSPS) is 26.8. The van der Waals surface area contributed by atoms with Gasteiger partial charge >= 0.3 is 5.97 Å². The van der Waals surface area contributed by atoms with Crippen LogP contribution in [0.1, 0.15) is 25.5 Å². The van der Waals surface area contributed by atoms with Crippen LogP contribution in [-0.4, -0.2) is 41.3 Å². The van der Waals surface area contributed by atoms with Crippen LogP contribution in [0.25, 0.3) is 0 Å². The zero-order chi connectivity index (χ0) is 13.1. The molecule has 0 saturated carbocycles. The third kappa shape index (κ3) is 2.71. The molecule has 1 aromatic rings. The van der Waals surface area contributed by atoms with E-state index in [4.69, 9.17) is 4.74 Å². The maximum Gasteiger partial charge on any atom is 0.325 e. The molecular weight excluding hydrogens is 230 g/mol. The molecule has 0 amide bonds. The van der Waals surface area contributed by atoms with Crippen LogP contribution in [0.5, 0.6) is 0 Å². The van der Waals surface area contributed by atoms with Crippen LogP contribution >= 0.6 is 0 Å². The van der Waals surface area contributed by atoms with Crippen LogP contribution in [0.4, 0.5) is 0 Å². The first-order chi connectivity index (χ1) is 8.59. The first kappa shape index (κ1) is 13.1. The van der Waals surface area contributed by atoms with E-state index >= 15 is 0 Å². The molecule has 4 heteroatoms. The standard InChI is InChI=1S/C14H19NO3/c1-10-9-18-11(2)8-15(10)13(14(16)17)12-6-4-3-5-7-12/h3-7,10-11,13H,8-9H2,1-2H3,(H,16,17). The van der Waals surface area contributed by atoms with Gasteiger partial charge in [0.25, 0.3) is 0 Å². The van der Waals surface area contributed by atoms with Crippen molar-refractivity contribution < 1.29 is 14.6 Å². The summed E-state index contributed by atoms with van der Waals surface area (Å²) in [5.74, 6) is -0.804. The second-order valence-electron chi connectivity index (χ2n) is 4.84. The highest BCUT2D eigenvalue weighted by atomic mass is 16.5. The topological polar surface area (TPSA) is 49.8 Å². The molecule has 0 aliphatic carbocycles. The molecule has 0 aromatic heterocycles. The lowest BCUT2D eigenvalue weighted by molar-refractivity contribution is -0.149. The molecule has 3 atom stereocenters. The van der Waals surface area contributed by atoms with E-state index in [2.05, 4.69) is 0 Å². The summed E-state index contributed by atoms with van der Waals surface area (Å²) in [5, 5.41) is 9.50. The molecule has 0 radical (unpaired) electrons. The molecule has 2 rings (SSSR count). The number of hydrogen-bond donors (Lipinski definition) is 1. The second-order valence-corrected chi connectivity index (χ2v) is 4.84. The fourth-order valence-electron chi connectivity index (χ4n) is 2.40. The fourth-order valence-corrected chi connectivity index (χ4v) is 2.40. The van der Waals surface area contributed by atoms with Gasteiger partial charge in [0.15, 0.2) is 0 Å². The molecule has 98 valence electrons. The maximum atomic E-state index is 11.6. The van der Waals surface area contributed by atoms with E-state index in [0.29, 0.717) is 13.2 Å². The van der Waals surface area contributed by atoms with Gasteiger partial charge < -0.3 is 9.84 Å². The van der Waals surface area contributed by atoms with Crippen molar-refractivity contribution in [3.63, 3.8) is 0 Å². The molecule has 0 bridgehead atoms. The minimum atomic E-state index is -0.804. The predicted molar refractivity (Wildman–Crippen MR) is 68.4 cm³/mol. The number of ether oxygens (including phenoxy) is 1. The van der Waals surface area contributed by atoms with E-state index in [1.54, 1.807) is 0 Å². The molecule has 1 aliphatic heterocycles. The van der Waals surface area contributed by atoms with Crippen molar-refractivity contribution in [1.82, 2.24) is 4.90 Å². The van der Waals surface area contributed by atoms with E-state index < -0.39 is 12.0 Å². The minimum absolute atomic E-state index is 0.0757. The Hall–Kier alpha value is -1.39. The Bertz CT molecular complexity index is 407. The highest BCUT2D eigenvalue weighted by molar-refractivity contribution is 5.75. The zero-order valence-corrected chi connectivity index (χ0v) is 10.7. The van der Waals surface area contributed by atoms with Crippen LogP contribution in [0, 0.1) is 0 Å². The Morgan fingerprint density at radius 2 is 2.06 bits per heavy atom. The largest absolute Gasteiger partial charge is 0.480 e. The van der Waals surface area contributed by atoms with E-state index in [1.807, 2.05) is 49.1 Å². The maximum absolute atomic E-state index is 11.6. The molecular formula is C14H19NO3. The fraction of sp³-hybridized carbons (Fsp3) is 0.500. The average Bonchev–Trinajstić information content (AvgIpc) is 2.35. The van der Waals surface area contributed by atoms with Gasteiger partial charge in [-0.2, -0.15) is 0 Å². The number of benzene rings is 1. The molecule has 18 heavy (non-hydrogen) atoms. The number of morpholine rings is 1. The number of nitrogens with zero attached hydrogens (tertiary/aromatic N) is 1. The van der Waals surface area contributed by atoms with Crippen molar-refractivity contribution in [2.24, 2.45) is 0 Å². The van der Waals surface area contributed by atoms with Gasteiger partial charge in [0.2, 0.25) is 0 Å². The molecule has 1 N–H and O–H groups in total. The van der Waals surface area contributed by atoms with Crippen LogP contribution in [0.3, 0.4) is 0 Å². The predicted octanol–water partition coefficient (Wildman–Crippen LogP) is 1.92. The Balaban J connectivity index is 2.27. The third-order valence-electron chi connectivity index (χ3n) is 3.34. The molecule has 4 nitrogen and oxygen atoms in total. The van der Waals surface area contributed by atoms with Crippen molar-refractivity contribution >= 4 is 5.97 Å². The summed E-state index contributed by atoms with van der Waals surface area (Å²) in [6.45, 7) is 5.21. The Morgan fingerprint density at radius 3 is 2.67 bits per heavy atom.